The Morgan fingerprint density at radius 1 is 0.800 bits per heavy atom. The van der Waals surface area contributed by atoms with E-state index in [1.54, 1.807) is 7.11 Å². The van der Waals surface area contributed by atoms with Crippen LogP contribution in [0.3, 0.4) is 0 Å². The van der Waals surface area contributed by atoms with Crippen molar-refractivity contribution in [3.05, 3.63) is 23.8 Å². The minimum Gasteiger partial charge on any atom is -0.493 e. The number of nitrogens with one attached hydrogen (secondary N) is 1. The Hall–Kier alpha value is -1.22. The van der Waals surface area contributed by atoms with Gasteiger partial charge in [-0.25, -0.2) is 0 Å². The van der Waals surface area contributed by atoms with Gasteiger partial charge in [0.25, 0.3) is 0 Å². The Morgan fingerprint density at radius 3 is 2.16 bits per heavy atom. The first-order valence-electron chi connectivity index (χ1n) is 10.3. The Kier molecular flexibility index (Phi) is 13.2. The molecule has 0 aliphatic rings. The van der Waals surface area contributed by atoms with Crippen LogP contribution < -0.4 is 14.8 Å². The molecule has 1 aromatic rings. The first-order valence-corrected chi connectivity index (χ1v) is 10.3. The second-order valence-corrected chi connectivity index (χ2v) is 6.84. The Labute approximate surface area is 155 Å². The highest BCUT2D eigenvalue weighted by Crippen LogP contribution is 2.28. The maximum Gasteiger partial charge on any atom is 0.161 e. The molecule has 0 heterocycles. The fourth-order valence-electron chi connectivity index (χ4n) is 2.92. The Bertz CT molecular complexity index is 434. The van der Waals surface area contributed by atoms with E-state index in [-0.39, 0.29) is 0 Å². The van der Waals surface area contributed by atoms with Crippen molar-refractivity contribution < 1.29 is 9.47 Å². The van der Waals surface area contributed by atoms with E-state index in [0.717, 1.165) is 37.6 Å². The first kappa shape index (κ1) is 21.8. The van der Waals surface area contributed by atoms with Gasteiger partial charge in [0.05, 0.1) is 13.7 Å². The van der Waals surface area contributed by atoms with Crippen LogP contribution in [-0.4, -0.2) is 20.3 Å². The van der Waals surface area contributed by atoms with E-state index in [0.29, 0.717) is 0 Å². The van der Waals surface area contributed by atoms with Gasteiger partial charge in [0.1, 0.15) is 0 Å². The third-order valence-electron chi connectivity index (χ3n) is 4.52. The SMILES string of the molecule is CCCCCCCNCc1ccc(OCCCCCCC)c(OC)c1. The molecular weight excluding hydrogens is 310 g/mol. The minimum atomic E-state index is 0.773. The fourth-order valence-corrected chi connectivity index (χ4v) is 2.92. The smallest absolute Gasteiger partial charge is 0.161 e. The van der Waals surface area contributed by atoms with Crippen LogP contribution in [-0.2, 0) is 6.54 Å². The quantitative estimate of drug-likeness (QED) is 0.365. The molecule has 3 heteroatoms. The van der Waals surface area contributed by atoms with E-state index >= 15 is 0 Å². The lowest BCUT2D eigenvalue weighted by Crippen LogP contribution is -2.14. The van der Waals surface area contributed by atoms with E-state index in [1.165, 1.54) is 63.4 Å². The highest BCUT2D eigenvalue weighted by Gasteiger charge is 2.06. The van der Waals surface area contributed by atoms with Gasteiger partial charge in [-0.15, -0.1) is 0 Å². The maximum atomic E-state index is 5.90. The first-order chi connectivity index (χ1) is 12.3. The summed E-state index contributed by atoms with van der Waals surface area (Å²) in [7, 11) is 1.72. The van der Waals surface area contributed by atoms with Crippen molar-refractivity contribution in [2.45, 2.75) is 84.6 Å². The molecule has 0 aliphatic carbocycles. The lowest BCUT2D eigenvalue weighted by atomic mass is 10.1. The van der Waals surface area contributed by atoms with Crippen molar-refractivity contribution >= 4 is 0 Å². The Morgan fingerprint density at radius 2 is 1.48 bits per heavy atom. The number of unbranched alkanes of at least 4 members (excludes halogenated alkanes) is 8. The van der Waals surface area contributed by atoms with Crippen LogP contribution in [0.4, 0.5) is 0 Å². The molecule has 1 aromatic carbocycles. The highest BCUT2D eigenvalue weighted by molar-refractivity contribution is 5.42. The molecule has 0 atom stereocenters. The van der Waals surface area contributed by atoms with E-state index in [1.807, 2.05) is 6.07 Å². The van der Waals surface area contributed by atoms with Gasteiger partial charge in [0, 0.05) is 6.54 Å². The van der Waals surface area contributed by atoms with E-state index in [4.69, 9.17) is 9.47 Å². The summed E-state index contributed by atoms with van der Waals surface area (Å²) in [5.74, 6) is 1.71. The van der Waals surface area contributed by atoms with E-state index in [9.17, 15) is 0 Å². The lowest BCUT2D eigenvalue weighted by Gasteiger charge is -2.13. The number of rotatable bonds is 16. The summed E-state index contributed by atoms with van der Waals surface area (Å²) in [5, 5.41) is 3.52. The van der Waals surface area contributed by atoms with Crippen molar-refractivity contribution in [2.75, 3.05) is 20.3 Å². The van der Waals surface area contributed by atoms with Gasteiger partial charge in [-0.2, -0.15) is 0 Å². The summed E-state index contributed by atoms with van der Waals surface area (Å²) in [5.41, 5.74) is 1.25. The second kappa shape index (κ2) is 15.1. The summed E-state index contributed by atoms with van der Waals surface area (Å²) in [6.07, 6.45) is 12.9. The normalized spacial score (nSPS) is 10.8. The predicted molar refractivity (Wildman–Crippen MR) is 108 cm³/mol. The summed E-state index contributed by atoms with van der Waals surface area (Å²) in [6.45, 7) is 7.24. The molecule has 0 spiro atoms. The standard InChI is InChI=1S/C22H39NO2/c1-4-6-8-10-12-16-23-19-20-14-15-21(22(18-20)24-3)25-17-13-11-9-7-5-2/h14-15,18,23H,4-13,16-17,19H2,1-3H3. The molecular formula is C22H39NO2. The van der Waals surface area contributed by atoms with Gasteiger partial charge in [-0.3, -0.25) is 0 Å². The third kappa shape index (κ3) is 10.4. The topological polar surface area (TPSA) is 30.5 Å². The van der Waals surface area contributed by atoms with Crippen LogP contribution >= 0.6 is 0 Å². The van der Waals surface area contributed by atoms with Gasteiger partial charge >= 0.3 is 0 Å². The van der Waals surface area contributed by atoms with Gasteiger partial charge in [0.15, 0.2) is 11.5 Å². The summed E-state index contributed by atoms with van der Waals surface area (Å²) < 4.78 is 11.4. The number of methoxy groups -OCH3 is 1. The average Bonchev–Trinajstić information content (AvgIpc) is 2.64. The summed E-state index contributed by atoms with van der Waals surface area (Å²) in [4.78, 5) is 0. The number of benzene rings is 1. The molecule has 0 unspecified atom stereocenters. The third-order valence-corrected chi connectivity index (χ3v) is 4.52. The monoisotopic (exact) mass is 349 g/mol. The van der Waals surface area contributed by atoms with Crippen LogP contribution in [0.5, 0.6) is 11.5 Å². The molecule has 0 bridgehead atoms. The molecule has 1 rings (SSSR count). The van der Waals surface area contributed by atoms with Crippen molar-refractivity contribution in [1.29, 1.82) is 0 Å². The number of hydrogen-bond acceptors (Lipinski definition) is 3. The minimum absolute atomic E-state index is 0.773. The molecule has 0 saturated carbocycles. The van der Waals surface area contributed by atoms with Crippen LogP contribution in [0, 0.1) is 0 Å². The molecule has 25 heavy (non-hydrogen) atoms. The second-order valence-electron chi connectivity index (χ2n) is 6.84. The molecule has 144 valence electrons. The van der Waals surface area contributed by atoms with E-state index in [2.05, 4.69) is 31.3 Å². The molecule has 0 amide bonds. The molecule has 0 aliphatic heterocycles. The molecule has 0 radical (unpaired) electrons. The van der Waals surface area contributed by atoms with Gasteiger partial charge in [0.2, 0.25) is 0 Å². The van der Waals surface area contributed by atoms with E-state index < -0.39 is 0 Å². The molecule has 0 aromatic heterocycles. The molecule has 0 fully saturated rings. The van der Waals surface area contributed by atoms with Crippen molar-refractivity contribution in [2.24, 2.45) is 0 Å². The lowest BCUT2D eigenvalue weighted by molar-refractivity contribution is 0.284. The van der Waals surface area contributed by atoms with Crippen LogP contribution in [0.15, 0.2) is 18.2 Å². The number of hydrogen-bond donors (Lipinski definition) is 1. The molecule has 0 saturated heterocycles. The zero-order valence-electron chi connectivity index (χ0n) is 16.7. The van der Waals surface area contributed by atoms with Crippen LogP contribution in [0.1, 0.15) is 83.6 Å². The zero-order valence-corrected chi connectivity index (χ0v) is 16.7. The summed E-state index contributed by atoms with van der Waals surface area (Å²) >= 11 is 0. The Balaban J connectivity index is 2.26. The molecule has 3 nitrogen and oxygen atoms in total. The zero-order chi connectivity index (χ0) is 18.2. The van der Waals surface area contributed by atoms with Gasteiger partial charge in [-0.1, -0.05) is 71.3 Å². The van der Waals surface area contributed by atoms with Crippen LogP contribution in [0.2, 0.25) is 0 Å². The van der Waals surface area contributed by atoms with Crippen LogP contribution in [0.25, 0.3) is 0 Å². The average molecular weight is 350 g/mol. The van der Waals surface area contributed by atoms with Gasteiger partial charge < -0.3 is 14.8 Å². The highest BCUT2D eigenvalue weighted by atomic mass is 16.5. The molecule has 1 N–H and O–H groups in total. The maximum absolute atomic E-state index is 5.90. The van der Waals surface area contributed by atoms with Crippen molar-refractivity contribution in [3.63, 3.8) is 0 Å². The van der Waals surface area contributed by atoms with Crippen molar-refractivity contribution in [1.82, 2.24) is 5.32 Å². The van der Waals surface area contributed by atoms with Gasteiger partial charge in [-0.05, 0) is 37.1 Å². The number of ether oxygens (including phenoxy) is 2. The predicted octanol–water partition coefficient (Wildman–Crippen LogP) is 6.10. The van der Waals surface area contributed by atoms with Crippen molar-refractivity contribution in [3.8, 4) is 11.5 Å². The fraction of sp³-hybridized carbons (Fsp3) is 0.727. The largest absolute Gasteiger partial charge is 0.493 e. The summed E-state index contributed by atoms with van der Waals surface area (Å²) in [6, 6.07) is 6.28.